The van der Waals surface area contributed by atoms with Crippen LogP contribution in [0.4, 0.5) is 0 Å². The summed E-state index contributed by atoms with van der Waals surface area (Å²) in [7, 11) is 0. The molecule has 0 aromatic heterocycles. The van der Waals surface area contributed by atoms with E-state index < -0.39 is 6.49 Å². The lowest BCUT2D eigenvalue weighted by molar-refractivity contribution is 0.254. The van der Waals surface area contributed by atoms with Crippen LogP contribution in [-0.4, -0.2) is 20.7 Å². The van der Waals surface area contributed by atoms with Crippen LogP contribution < -0.4 is 5.30 Å². The van der Waals surface area contributed by atoms with Crippen molar-refractivity contribution < 1.29 is 9.05 Å². The van der Waals surface area contributed by atoms with Crippen molar-refractivity contribution in [2.75, 3.05) is 13.2 Å². The fourth-order valence-electron chi connectivity index (χ4n) is 1.32. The fraction of sp³-hybridized carbons (Fsp3) is 0.500. The van der Waals surface area contributed by atoms with Crippen molar-refractivity contribution in [3.05, 3.63) is 30.3 Å². The van der Waals surface area contributed by atoms with E-state index in [0.29, 0.717) is 13.2 Å². The highest BCUT2D eigenvalue weighted by Crippen LogP contribution is 2.48. The second kappa shape index (κ2) is 10.5. The van der Waals surface area contributed by atoms with Crippen LogP contribution in [0.25, 0.3) is 0 Å². The van der Waals surface area contributed by atoms with E-state index in [4.69, 9.17) is 20.9 Å². The minimum atomic E-state index is -2.43. The molecule has 0 saturated carbocycles. The Balaban J connectivity index is 2.70. The van der Waals surface area contributed by atoms with E-state index in [0.717, 1.165) is 18.1 Å². The molecular formula is C12H15Br4O2PS. The summed E-state index contributed by atoms with van der Waals surface area (Å²) in [6.45, 7) is -1.32. The molecule has 0 saturated heterocycles. The highest BCUT2D eigenvalue weighted by molar-refractivity contribution is 9.25. The van der Waals surface area contributed by atoms with Gasteiger partial charge in [-0.15, -0.1) is 0 Å². The highest BCUT2D eigenvalue weighted by atomic mass is 79.9. The lowest BCUT2D eigenvalue weighted by Crippen LogP contribution is -2.12. The summed E-state index contributed by atoms with van der Waals surface area (Å²) in [6, 6.07) is 9.82. The van der Waals surface area contributed by atoms with Crippen molar-refractivity contribution in [2.24, 2.45) is 0 Å². The van der Waals surface area contributed by atoms with Crippen LogP contribution in [0.5, 0.6) is 0 Å². The molecule has 2 nitrogen and oxygen atoms in total. The zero-order valence-corrected chi connectivity index (χ0v) is 18.6. The first-order chi connectivity index (χ1) is 9.44. The van der Waals surface area contributed by atoms with Gasteiger partial charge in [-0.05, 0) is 36.8 Å². The third-order valence-electron chi connectivity index (χ3n) is 2.27. The van der Waals surface area contributed by atoms with Gasteiger partial charge in [0.2, 0.25) is 6.49 Å². The normalized spacial score (nSPS) is 12.3. The Morgan fingerprint density at radius 1 is 0.900 bits per heavy atom. The maximum atomic E-state index is 5.92. The van der Waals surface area contributed by atoms with Gasteiger partial charge in [-0.25, -0.2) is 0 Å². The van der Waals surface area contributed by atoms with Crippen molar-refractivity contribution in [1.82, 2.24) is 0 Å². The van der Waals surface area contributed by atoms with Gasteiger partial charge in [0, 0.05) is 5.30 Å². The quantitative estimate of drug-likeness (QED) is 0.280. The first-order valence-electron chi connectivity index (χ1n) is 5.95. The average molecular weight is 574 g/mol. The second-order valence-corrected chi connectivity index (χ2v) is 14.2. The molecule has 0 bridgehead atoms. The molecule has 1 aromatic carbocycles. The SMILES string of the molecule is S=P(OCCC(Br)Br)(OCCC(Br)Br)c1ccccc1. The van der Waals surface area contributed by atoms with Gasteiger partial charge in [0.05, 0.1) is 20.7 Å². The van der Waals surface area contributed by atoms with Gasteiger partial charge in [-0.3, -0.25) is 0 Å². The molecule has 0 aliphatic heterocycles. The largest absolute Gasteiger partial charge is 0.326 e. The number of rotatable bonds is 9. The maximum Gasteiger partial charge on any atom is 0.219 e. The van der Waals surface area contributed by atoms with Crippen LogP contribution >= 0.6 is 70.2 Å². The minimum Gasteiger partial charge on any atom is -0.326 e. The lowest BCUT2D eigenvalue weighted by atomic mass is 10.4. The summed E-state index contributed by atoms with van der Waals surface area (Å²) >= 11 is 19.4. The molecule has 0 atom stereocenters. The minimum absolute atomic E-state index is 0.226. The summed E-state index contributed by atoms with van der Waals surface area (Å²) in [4.78, 5) is 0. The molecule has 0 aliphatic carbocycles. The monoisotopic (exact) mass is 570 g/mol. The third-order valence-corrected chi connectivity index (χ3v) is 7.34. The van der Waals surface area contributed by atoms with Crippen LogP contribution in [0.2, 0.25) is 0 Å². The van der Waals surface area contributed by atoms with Crippen molar-refractivity contribution in [3.63, 3.8) is 0 Å². The van der Waals surface area contributed by atoms with Gasteiger partial charge in [-0.1, -0.05) is 81.9 Å². The Labute approximate surface area is 159 Å². The Morgan fingerprint density at radius 2 is 1.35 bits per heavy atom. The number of benzene rings is 1. The Kier molecular flexibility index (Phi) is 10.4. The Morgan fingerprint density at radius 3 is 1.75 bits per heavy atom. The lowest BCUT2D eigenvalue weighted by Gasteiger charge is -2.23. The maximum absolute atomic E-state index is 5.92. The summed E-state index contributed by atoms with van der Waals surface area (Å²) in [6.07, 6.45) is 1.65. The molecule has 0 spiro atoms. The van der Waals surface area contributed by atoms with Crippen LogP contribution in [0.3, 0.4) is 0 Å². The predicted molar refractivity (Wildman–Crippen MR) is 105 cm³/mol. The van der Waals surface area contributed by atoms with Crippen LogP contribution in [0.15, 0.2) is 30.3 Å². The van der Waals surface area contributed by atoms with Crippen LogP contribution in [-0.2, 0) is 20.9 Å². The number of hydrogen-bond donors (Lipinski definition) is 0. The van der Waals surface area contributed by atoms with E-state index >= 15 is 0 Å². The van der Waals surface area contributed by atoms with Gasteiger partial charge < -0.3 is 9.05 Å². The molecule has 0 heterocycles. The van der Waals surface area contributed by atoms with E-state index in [1.54, 1.807) is 0 Å². The Hall–Kier alpha value is 1.71. The zero-order chi connectivity index (χ0) is 15.0. The van der Waals surface area contributed by atoms with E-state index in [1.165, 1.54) is 0 Å². The first-order valence-corrected chi connectivity index (χ1v) is 12.2. The van der Waals surface area contributed by atoms with Gasteiger partial charge in [0.1, 0.15) is 0 Å². The molecule has 0 radical (unpaired) electrons. The molecule has 0 amide bonds. The van der Waals surface area contributed by atoms with E-state index in [-0.39, 0.29) is 7.47 Å². The fourth-order valence-corrected chi connectivity index (χ4v) is 4.48. The first kappa shape index (κ1) is 19.8. The molecule has 1 rings (SSSR count). The molecule has 0 N–H and O–H groups in total. The molecule has 0 fully saturated rings. The second-order valence-electron chi connectivity index (χ2n) is 3.86. The molecule has 0 aliphatic rings. The van der Waals surface area contributed by atoms with Crippen molar-refractivity contribution in [1.29, 1.82) is 0 Å². The highest BCUT2D eigenvalue weighted by Gasteiger charge is 2.22. The van der Waals surface area contributed by atoms with Crippen LogP contribution in [0, 0.1) is 0 Å². The topological polar surface area (TPSA) is 18.5 Å². The van der Waals surface area contributed by atoms with Gasteiger partial charge in [-0.2, -0.15) is 0 Å². The summed E-state index contributed by atoms with van der Waals surface area (Å²) in [5, 5.41) is 0.955. The molecule has 8 heteroatoms. The van der Waals surface area contributed by atoms with Crippen LogP contribution in [0.1, 0.15) is 12.8 Å². The smallest absolute Gasteiger partial charge is 0.219 e. The number of alkyl halides is 4. The zero-order valence-electron chi connectivity index (χ0n) is 10.6. The third kappa shape index (κ3) is 7.82. The van der Waals surface area contributed by atoms with Crippen molar-refractivity contribution in [2.45, 2.75) is 20.3 Å². The molecule has 114 valence electrons. The molecule has 1 aromatic rings. The summed E-state index contributed by atoms with van der Waals surface area (Å²) in [5.74, 6) is 0. The van der Waals surface area contributed by atoms with Crippen molar-refractivity contribution in [3.8, 4) is 0 Å². The average Bonchev–Trinajstić information content (AvgIpc) is 2.39. The van der Waals surface area contributed by atoms with Crippen molar-refractivity contribution >= 4 is 87.3 Å². The van der Waals surface area contributed by atoms with E-state index in [1.807, 2.05) is 30.3 Å². The predicted octanol–water partition coefficient (Wildman–Crippen LogP) is 5.67. The molecule has 0 unspecified atom stereocenters. The van der Waals surface area contributed by atoms with Gasteiger partial charge in [0.15, 0.2) is 0 Å². The number of hydrogen-bond acceptors (Lipinski definition) is 3. The molecular weight excluding hydrogens is 559 g/mol. The van der Waals surface area contributed by atoms with E-state index in [2.05, 4.69) is 63.7 Å². The summed E-state index contributed by atoms with van der Waals surface area (Å²) < 4.78 is 12.3. The number of halogens is 4. The van der Waals surface area contributed by atoms with Gasteiger partial charge in [0.25, 0.3) is 0 Å². The summed E-state index contributed by atoms with van der Waals surface area (Å²) in [5.41, 5.74) is 0. The van der Waals surface area contributed by atoms with E-state index in [9.17, 15) is 0 Å². The Bertz CT molecular complexity index is 413. The standard InChI is InChI=1S/C12H15Br4O2PS/c13-11(14)6-8-17-19(20,18-9-7-12(15)16)10-4-2-1-3-5-10/h1-5,11-12H,6-9H2. The molecule has 20 heavy (non-hydrogen) atoms. The van der Waals surface area contributed by atoms with Gasteiger partial charge >= 0.3 is 0 Å².